The van der Waals surface area contributed by atoms with E-state index in [9.17, 15) is 9.59 Å². The summed E-state index contributed by atoms with van der Waals surface area (Å²) in [5.74, 6) is -0.230. The van der Waals surface area contributed by atoms with Gasteiger partial charge in [-0.3, -0.25) is 9.59 Å². The van der Waals surface area contributed by atoms with E-state index < -0.39 is 0 Å². The van der Waals surface area contributed by atoms with Crippen LogP contribution >= 0.6 is 11.3 Å². The third-order valence-electron chi connectivity index (χ3n) is 2.67. The van der Waals surface area contributed by atoms with Crippen LogP contribution in [0.3, 0.4) is 0 Å². The quantitative estimate of drug-likeness (QED) is 0.539. The summed E-state index contributed by atoms with van der Waals surface area (Å²) in [7, 11) is 0. The second-order valence-corrected chi connectivity index (χ2v) is 5.37. The molecule has 0 radical (unpaired) electrons. The molecule has 0 aromatic carbocycles. The van der Waals surface area contributed by atoms with Gasteiger partial charge in [0.25, 0.3) is 0 Å². The van der Waals surface area contributed by atoms with Crippen molar-refractivity contribution in [3.8, 4) is 0 Å². The zero-order valence-corrected chi connectivity index (χ0v) is 12.8. The highest BCUT2D eigenvalue weighted by molar-refractivity contribution is 7.10. The number of carbonyl (C=O) groups is 2. The molecule has 1 atom stereocenters. The van der Waals surface area contributed by atoms with Gasteiger partial charge in [-0.1, -0.05) is 6.07 Å². The predicted octanol–water partition coefficient (Wildman–Crippen LogP) is 1.86. The molecule has 0 saturated heterocycles. The minimum absolute atomic E-state index is 0.0313. The molecule has 0 aliphatic carbocycles. The molecule has 6 heteroatoms. The molecule has 1 unspecified atom stereocenters. The van der Waals surface area contributed by atoms with Crippen molar-refractivity contribution in [2.24, 2.45) is 0 Å². The van der Waals surface area contributed by atoms with Crippen LogP contribution in [0.1, 0.15) is 37.6 Å². The van der Waals surface area contributed by atoms with E-state index in [0.29, 0.717) is 26.0 Å². The lowest BCUT2D eigenvalue weighted by Gasteiger charge is -2.12. The molecular formula is C14H22N2O3S. The topological polar surface area (TPSA) is 67.4 Å². The first-order chi connectivity index (χ1) is 9.63. The van der Waals surface area contributed by atoms with Crippen molar-refractivity contribution < 1.29 is 14.3 Å². The normalized spacial score (nSPS) is 11.9. The summed E-state index contributed by atoms with van der Waals surface area (Å²) in [5.41, 5.74) is 0. The average Bonchev–Trinajstić information content (AvgIpc) is 2.92. The molecule has 112 valence electrons. The van der Waals surface area contributed by atoms with Crippen molar-refractivity contribution >= 4 is 23.2 Å². The molecule has 0 aliphatic rings. The van der Waals surface area contributed by atoms with Gasteiger partial charge < -0.3 is 15.4 Å². The Morgan fingerprint density at radius 2 is 2.25 bits per heavy atom. The van der Waals surface area contributed by atoms with Gasteiger partial charge in [0.15, 0.2) is 0 Å². The first-order valence-electron chi connectivity index (χ1n) is 6.82. The third-order valence-corrected chi connectivity index (χ3v) is 3.73. The number of carbonyl (C=O) groups excluding carboxylic acids is 2. The fraction of sp³-hybridized carbons (Fsp3) is 0.571. The minimum atomic E-state index is -0.190. The first kappa shape index (κ1) is 16.7. The van der Waals surface area contributed by atoms with E-state index in [1.54, 1.807) is 18.3 Å². The lowest BCUT2D eigenvalue weighted by molar-refractivity contribution is -0.143. The summed E-state index contributed by atoms with van der Waals surface area (Å²) in [6.45, 7) is 5.05. The van der Waals surface area contributed by atoms with Gasteiger partial charge in [0.2, 0.25) is 5.91 Å². The summed E-state index contributed by atoms with van der Waals surface area (Å²) in [6, 6.07) is 4.00. The van der Waals surface area contributed by atoms with Gasteiger partial charge in [-0.15, -0.1) is 11.3 Å². The van der Waals surface area contributed by atoms with E-state index in [2.05, 4.69) is 10.6 Å². The fourth-order valence-corrected chi connectivity index (χ4v) is 2.43. The van der Waals surface area contributed by atoms with Crippen molar-refractivity contribution in [1.29, 1.82) is 0 Å². The van der Waals surface area contributed by atoms with Crippen LogP contribution in [0, 0.1) is 0 Å². The number of hydrogen-bond acceptors (Lipinski definition) is 5. The lowest BCUT2D eigenvalue weighted by Crippen LogP contribution is -2.35. The monoisotopic (exact) mass is 298 g/mol. The van der Waals surface area contributed by atoms with Gasteiger partial charge in [-0.2, -0.15) is 0 Å². The highest BCUT2D eigenvalue weighted by Crippen LogP contribution is 2.17. The first-order valence-corrected chi connectivity index (χ1v) is 7.70. The Bertz CT molecular complexity index is 407. The third kappa shape index (κ3) is 6.68. The molecule has 1 amide bonds. The van der Waals surface area contributed by atoms with Crippen LogP contribution < -0.4 is 10.6 Å². The minimum Gasteiger partial charge on any atom is -0.466 e. The van der Waals surface area contributed by atoms with E-state index in [-0.39, 0.29) is 24.5 Å². The maximum atomic E-state index is 11.7. The Balaban J connectivity index is 2.07. The lowest BCUT2D eigenvalue weighted by atomic mass is 10.2. The second-order valence-electron chi connectivity index (χ2n) is 4.39. The Labute approximate surface area is 123 Å². The van der Waals surface area contributed by atoms with Crippen LogP contribution in [0.4, 0.5) is 0 Å². The molecule has 1 aromatic heterocycles. The molecular weight excluding hydrogens is 276 g/mol. The number of hydrogen-bond donors (Lipinski definition) is 2. The standard InChI is InChI=1S/C14H22N2O3S/c1-3-19-14(18)7-4-8-15-10-13(17)16-11(2)12-6-5-9-20-12/h5-6,9,11,15H,3-4,7-8,10H2,1-2H3,(H,16,17). The SMILES string of the molecule is CCOC(=O)CCCNCC(=O)NC(C)c1cccs1. The Morgan fingerprint density at radius 3 is 2.90 bits per heavy atom. The molecule has 0 spiro atoms. The summed E-state index contributed by atoms with van der Waals surface area (Å²) in [6.07, 6.45) is 1.06. The van der Waals surface area contributed by atoms with Crippen LogP contribution in [0.25, 0.3) is 0 Å². The molecule has 1 aromatic rings. The second kappa shape index (κ2) is 9.50. The summed E-state index contributed by atoms with van der Waals surface area (Å²) in [4.78, 5) is 23.9. The van der Waals surface area contributed by atoms with E-state index in [1.165, 1.54) is 0 Å². The Morgan fingerprint density at radius 1 is 1.45 bits per heavy atom. The van der Waals surface area contributed by atoms with E-state index in [1.807, 2.05) is 24.4 Å². The number of nitrogens with one attached hydrogen (secondary N) is 2. The van der Waals surface area contributed by atoms with Crippen molar-refractivity contribution in [2.45, 2.75) is 32.7 Å². The smallest absolute Gasteiger partial charge is 0.305 e. The van der Waals surface area contributed by atoms with Crippen LogP contribution in [-0.2, 0) is 14.3 Å². The highest BCUT2D eigenvalue weighted by atomic mass is 32.1. The van der Waals surface area contributed by atoms with Crippen molar-refractivity contribution in [3.05, 3.63) is 22.4 Å². The number of ether oxygens (including phenoxy) is 1. The van der Waals surface area contributed by atoms with Crippen LogP contribution in [0.2, 0.25) is 0 Å². The van der Waals surface area contributed by atoms with E-state index >= 15 is 0 Å². The van der Waals surface area contributed by atoms with Crippen LogP contribution in [0.15, 0.2) is 17.5 Å². The van der Waals surface area contributed by atoms with Crippen molar-refractivity contribution in [1.82, 2.24) is 10.6 Å². The van der Waals surface area contributed by atoms with Gasteiger partial charge >= 0.3 is 5.97 Å². The number of amides is 1. The molecule has 0 saturated carbocycles. The number of rotatable bonds is 9. The van der Waals surface area contributed by atoms with Gasteiger partial charge in [0.1, 0.15) is 0 Å². The highest BCUT2D eigenvalue weighted by Gasteiger charge is 2.09. The van der Waals surface area contributed by atoms with Crippen LogP contribution in [0.5, 0.6) is 0 Å². The molecule has 0 fully saturated rings. The number of thiophene rings is 1. The zero-order valence-electron chi connectivity index (χ0n) is 12.0. The zero-order chi connectivity index (χ0) is 14.8. The van der Waals surface area contributed by atoms with Gasteiger partial charge in [-0.05, 0) is 38.3 Å². The molecule has 1 heterocycles. The predicted molar refractivity (Wildman–Crippen MR) is 79.6 cm³/mol. The maximum Gasteiger partial charge on any atom is 0.305 e. The Hall–Kier alpha value is -1.40. The van der Waals surface area contributed by atoms with Gasteiger partial charge in [0.05, 0.1) is 19.2 Å². The molecule has 0 aliphatic heterocycles. The molecule has 20 heavy (non-hydrogen) atoms. The van der Waals surface area contributed by atoms with Crippen molar-refractivity contribution in [2.75, 3.05) is 19.7 Å². The Kier molecular flexibility index (Phi) is 7.91. The maximum absolute atomic E-state index is 11.7. The summed E-state index contributed by atoms with van der Waals surface area (Å²) in [5, 5.41) is 7.93. The number of esters is 1. The summed E-state index contributed by atoms with van der Waals surface area (Å²) < 4.78 is 4.82. The molecule has 2 N–H and O–H groups in total. The largest absolute Gasteiger partial charge is 0.466 e. The van der Waals surface area contributed by atoms with E-state index in [4.69, 9.17) is 4.74 Å². The average molecular weight is 298 g/mol. The van der Waals surface area contributed by atoms with Crippen molar-refractivity contribution in [3.63, 3.8) is 0 Å². The van der Waals surface area contributed by atoms with Gasteiger partial charge in [0, 0.05) is 11.3 Å². The molecule has 1 rings (SSSR count). The fourth-order valence-electron chi connectivity index (χ4n) is 1.69. The van der Waals surface area contributed by atoms with Crippen LogP contribution in [-0.4, -0.2) is 31.6 Å². The van der Waals surface area contributed by atoms with E-state index in [0.717, 1.165) is 4.88 Å². The molecule has 5 nitrogen and oxygen atoms in total. The summed E-state index contributed by atoms with van der Waals surface area (Å²) >= 11 is 1.63. The van der Waals surface area contributed by atoms with Gasteiger partial charge in [-0.25, -0.2) is 0 Å². The molecule has 0 bridgehead atoms.